The number of hydrazine groups is 1. The molecule has 4 rings (SSSR count). The minimum atomic E-state index is -0.732. The third kappa shape index (κ3) is 5.67. The van der Waals surface area contributed by atoms with Crippen molar-refractivity contribution < 1.29 is 19.1 Å². The molecule has 4 amide bonds. The molecule has 9 nitrogen and oxygen atoms in total. The number of urea groups is 1. The Bertz CT molecular complexity index is 1100. The van der Waals surface area contributed by atoms with Crippen molar-refractivity contribution in [3.63, 3.8) is 0 Å². The lowest BCUT2D eigenvalue weighted by Crippen LogP contribution is -2.76. The minimum Gasteiger partial charge on any atom is -0.367 e. The molecule has 0 aromatic heterocycles. The molecule has 0 unspecified atom stereocenters. The Hall–Kier alpha value is -3.87. The second kappa shape index (κ2) is 11.7. The molecule has 36 heavy (non-hydrogen) atoms. The zero-order chi connectivity index (χ0) is 25.5. The number of fused-ring (bicyclic) bond motifs is 1. The number of nitrogens with zero attached hydrogens (tertiary/aromatic N) is 4. The van der Waals surface area contributed by atoms with E-state index >= 15 is 0 Å². The number of ether oxygens (including phenoxy) is 1. The SMILES string of the molecule is C#CCOCCN1C[C@H]2N(C(=O)CN(C)N2C(=O)NCc2ccccc2)[C@@H](Cc2ccccc2)C1=O. The quantitative estimate of drug-likeness (QED) is 0.447. The normalized spacial score (nSPS) is 20.2. The monoisotopic (exact) mass is 489 g/mol. The molecule has 0 aliphatic carbocycles. The van der Waals surface area contributed by atoms with Crippen molar-refractivity contribution in [1.82, 2.24) is 25.1 Å². The van der Waals surface area contributed by atoms with E-state index in [4.69, 9.17) is 11.2 Å². The summed E-state index contributed by atoms with van der Waals surface area (Å²) in [7, 11) is 1.71. The fourth-order valence-corrected chi connectivity index (χ4v) is 4.70. The van der Waals surface area contributed by atoms with Gasteiger partial charge < -0.3 is 19.9 Å². The van der Waals surface area contributed by atoms with Gasteiger partial charge in [0, 0.05) is 26.6 Å². The second-order valence-electron chi connectivity index (χ2n) is 8.83. The average molecular weight is 490 g/mol. The van der Waals surface area contributed by atoms with Crippen LogP contribution in [0.1, 0.15) is 11.1 Å². The van der Waals surface area contributed by atoms with Crippen LogP contribution < -0.4 is 5.32 Å². The first-order chi connectivity index (χ1) is 17.5. The van der Waals surface area contributed by atoms with Gasteiger partial charge in [0.1, 0.15) is 18.8 Å². The molecular weight excluding hydrogens is 458 g/mol. The first kappa shape index (κ1) is 25.2. The molecule has 2 atom stereocenters. The summed E-state index contributed by atoms with van der Waals surface area (Å²) in [5, 5.41) is 6.12. The van der Waals surface area contributed by atoms with E-state index in [-0.39, 0.29) is 44.1 Å². The highest BCUT2D eigenvalue weighted by atomic mass is 16.5. The van der Waals surface area contributed by atoms with Crippen molar-refractivity contribution in [1.29, 1.82) is 0 Å². The molecule has 188 valence electrons. The van der Waals surface area contributed by atoms with Gasteiger partial charge in [0.25, 0.3) is 0 Å². The standard InChI is InChI=1S/C27H31N5O4/c1-3-15-36-16-14-30-19-24-31(23(26(30)34)17-21-10-6-4-7-11-21)25(33)20-29(2)32(24)27(35)28-18-22-12-8-5-9-13-22/h1,4-13,23-24H,14-20H2,2H3,(H,28,35)/t23-,24-/m0/s1. The largest absolute Gasteiger partial charge is 0.367 e. The first-order valence-electron chi connectivity index (χ1n) is 12.0. The maximum Gasteiger partial charge on any atom is 0.334 e. The van der Waals surface area contributed by atoms with Crippen LogP contribution >= 0.6 is 0 Å². The first-order valence-corrected chi connectivity index (χ1v) is 12.0. The maximum atomic E-state index is 13.6. The van der Waals surface area contributed by atoms with Crippen LogP contribution in [0.2, 0.25) is 0 Å². The van der Waals surface area contributed by atoms with Gasteiger partial charge in [-0.3, -0.25) is 9.59 Å². The van der Waals surface area contributed by atoms with Gasteiger partial charge >= 0.3 is 6.03 Å². The maximum absolute atomic E-state index is 13.6. The molecule has 9 heteroatoms. The summed E-state index contributed by atoms with van der Waals surface area (Å²) in [6.07, 6.45) is 4.97. The number of carbonyl (C=O) groups excluding carboxylic acids is 3. The van der Waals surface area contributed by atoms with Gasteiger partial charge in [-0.2, -0.15) is 0 Å². The fraction of sp³-hybridized carbons (Fsp3) is 0.370. The third-order valence-corrected chi connectivity index (χ3v) is 6.40. The molecule has 2 fully saturated rings. The van der Waals surface area contributed by atoms with Crippen molar-refractivity contribution >= 4 is 17.8 Å². The summed E-state index contributed by atoms with van der Waals surface area (Å²) in [5.74, 6) is 2.07. The Balaban J connectivity index is 1.59. The lowest BCUT2D eigenvalue weighted by molar-refractivity contribution is -0.187. The number of amides is 4. The predicted molar refractivity (Wildman–Crippen MR) is 134 cm³/mol. The van der Waals surface area contributed by atoms with Crippen LogP contribution in [-0.4, -0.2) is 89.8 Å². The van der Waals surface area contributed by atoms with E-state index < -0.39 is 12.2 Å². The van der Waals surface area contributed by atoms with E-state index in [2.05, 4.69) is 11.2 Å². The topological polar surface area (TPSA) is 85.4 Å². The number of hydrogen-bond acceptors (Lipinski definition) is 5. The molecule has 2 aromatic rings. The highest BCUT2D eigenvalue weighted by molar-refractivity contribution is 5.91. The molecule has 0 saturated carbocycles. The van der Waals surface area contributed by atoms with Gasteiger partial charge in [-0.25, -0.2) is 14.8 Å². The molecule has 2 aliphatic rings. The molecular formula is C27H31N5O4. The van der Waals surface area contributed by atoms with E-state index in [0.29, 0.717) is 19.5 Å². The summed E-state index contributed by atoms with van der Waals surface area (Å²) >= 11 is 0. The number of benzene rings is 2. The van der Waals surface area contributed by atoms with Crippen molar-refractivity contribution in [2.24, 2.45) is 0 Å². The Morgan fingerprint density at radius 2 is 1.75 bits per heavy atom. The predicted octanol–water partition coefficient (Wildman–Crippen LogP) is 1.32. The summed E-state index contributed by atoms with van der Waals surface area (Å²) in [4.78, 5) is 43.4. The van der Waals surface area contributed by atoms with E-state index in [1.807, 2.05) is 60.7 Å². The number of terminal acetylenes is 1. The Morgan fingerprint density at radius 1 is 1.08 bits per heavy atom. The van der Waals surface area contributed by atoms with Crippen LogP contribution in [-0.2, 0) is 27.3 Å². The van der Waals surface area contributed by atoms with Crippen LogP contribution in [0.3, 0.4) is 0 Å². The zero-order valence-electron chi connectivity index (χ0n) is 20.4. The Morgan fingerprint density at radius 3 is 2.42 bits per heavy atom. The lowest BCUT2D eigenvalue weighted by Gasteiger charge is -2.54. The smallest absolute Gasteiger partial charge is 0.334 e. The van der Waals surface area contributed by atoms with Gasteiger partial charge in [0.15, 0.2) is 0 Å². The number of likely N-dealkylation sites (N-methyl/N-ethyl adjacent to an activating group) is 1. The minimum absolute atomic E-state index is 0.000886. The van der Waals surface area contributed by atoms with E-state index in [0.717, 1.165) is 11.1 Å². The molecule has 2 aromatic carbocycles. The number of rotatable bonds is 8. The highest BCUT2D eigenvalue weighted by Crippen LogP contribution is 2.27. The molecule has 0 radical (unpaired) electrons. The van der Waals surface area contributed by atoms with Gasteiger partial charge in [-0.05, 0) is 11.1 Å². The van der Waals surface area contributed by atoms with Gasteiger partial charge in [0.05, 0.1) is 19.7 Å². The van der Waals surface area contributed by atoms with Crippen LogP contribution in [0.5, 0.6) is 0 Å². The summed E-state index contributed by atoms with van der Waals surface area (Å²) in [6.45, 7) is 1.26. The van der Waals surface area contributed by atoms with Gasteiger partial charge in [-0.1, -0.05) is 66.6 Å². The zero-order valence-corrected chi connectivity index (χ0v) is 20.4. The summed E-state index contributed by atoms with van der Waals surface area (Å²) in [6, 6.07) is 18.1. The number of hydrogen-bond donors (Lipinski definition) is 1. The molecule has 2 heterocycles. The molecule has 1 N–H and O–H groups in total. The van der Waals surface area contributed by atoms with Crippen LogP contribution in [0.15, 0.2) is 60.7 Å². The molecule has 2 aliphatic heterocycles. The van der Waals surface area contributed by atoms with E-state index in [1.165, 1.54) is 0 Å². The van der Waals surface area contributed by atoms with Crippen molar-refractivity contribution in [3.05, 3.63) is 71.8 Å². The Labute approximate surface area is 211 Å². The second-order valence-corrected chi connectivity index (χ2v) is 8.83. The van der Waals surface area contributed by atoms with Gasteiger partial charge in [-0.15, -0.1) is 6.42 Å². The van der Waals surface area contributed by atoms with E-state index in [9.17, 15) is 14.4 Å². The van der Waals surface area contributed by atoms with Gasteiger partial charge in [0.2, 0.25) is 11.8 Å². The molecule has 0 bridgehead atoms. The van der Waals surface area contributed by atoms with Crippen molar-refractivity contribution in [2.75, 3.05) is 39.9 Å². The van der Waals surface area contributed by atoms with Crippen molar-refractivity contribution in [3.8, 4) is 12.3 Å². The molecule has 2 saturated heterocycles. The van der Waals surface area contributed by atoms with E-state index in [1.54, 1.807) is 26.9 Å². The fourth-order valence-electron chi connectivity index (χ4n) is 4.70. The Kier molecular flexibility index (Phi) is 8.21. The number of piperazine rings is 1. The third-order valence-electron chi connectivity index (χ3n) is 6.40. The number of carbonyl (C=O) groups is 3. The summed E-state index contributed by atoms with van der Waals surface area (Å²) < 4.78 is 5.41. The summed E-state index contributed by atoms with van der Waals surface area (Å²) in [5.41, 5.74) is 1.90. The number of nitrogens with one attached hydrogen (secondary N) is 1. The lowest BCUT2D eigenvalue weighted by atomic mass is 9.99. The van der Waals surface area contributed by atoms with Crippen molar-refractivity contribution in [2.45, 2.75) is 25.2 Å². The van der Waals surface area contributed by atoms with Crippen LogP contribution in [0.25, 0.3) is 0 Å². The average Bonchev–Trinajstić information content (AvgIpc) is 2.88. The van der Waals surface area contributed by atoms with Crippen LogP contribution in [0.4, 0.5) is 4.79 Å². The highest BCUT2D eigenvalue weighted by Gasteiger charge is 2.50. The van der Waals surface area contributed by atoms with Crippen LogP contribution in [0, 0.1) is 12.3 Å². The molecule has 0 spiro atoms.